The third-order valence-electron chi connectivity index (χ3n) is 4.25. The van der Waals surface area contributed by atoms with Crippen molar-refractivity contribution in [2.24, 2.45) is 10.8 Å². The SMILES string of the molecule is CC(C)(C[NH3+])CCC(C)(C)CC(=O)N1CCNCC1. The quantitative estimate of drug-likeness (QED) is 0.753. The molecule has 0 spiro atoms. The monoisotopic (exact) mass is 270 g/mol. The number of hydrogen-bond acceptors (Lipinski definition) is 2. The predicted molar refractivity (Wildman–Crippen MR) is 78.6 cm³/mol. The number of quaternary nitrogens is 1. The second-order valence-corrected chi connectivity index (χ2v) is 7.39. The zero-order chi connectivity index (χ0) is 14.5. The van der Waals surface area contributed by atoms with Gasteiger partial charge in [0, 0.05) is 38.0 Å². The Morgan fingerprint density at radius 1 is 1.11 bits per heavy atom. The van der Waals surface area contributed by atoms with Gasteiger partial charge in [-0.05, 0) is 18.3 Å². The van der Waals surface area contributed by atoms with Gasteiger partial charge >= 0.3 is 0 Å². The Bertz CT molecular complexity index is 294. The minimum Gasteiger partial charge on any atom is -0.357 e. The predicted octanol–water partition coefficient (Wildman–Crippen LogP) is 0.883. The molecule has 0 unspecified atom stereocenters. The van der Waals surface area contributed by atoms with E-state index in [1.807, 2.05) is 4.90 Å². The second kappa shape index (κ2) is 6.71. The largest absolute Gasteiger partial charge is 0.357 e. The summed E-state index contributed by atoms with van der Waals surface area (Å²) in [5.41, 5.74) is 4.39. The van der Waals surface area contributed by atoms with Crippen molar-refractivity contribution in [3.05, 3.63) is 0 Å². The van der Waals surface area contributed by atoms with E-state index >= 15 is 0 Å². The number of piperazine rings is 1. The zero-order valence-corrected chi connectivity index (χ0v) is 13.2. The molecule has 0 saturated carbocycles. The summed E-state index contributed by atoms with van der Waals surface area (Å²) in [6.45, 7) is 13.5. The van der Waals surface area contributed by atoms with E-state index in [2.05, 4.69) is 38.7 Å². The molecule has 1 aliphatic rings. The van der Waals surface area contributed by atoms with Gasteiger partial charge in [-0.1, -0.05) is 27.7 Å². The highest BCUT2D eigenvalue weighted by Crippen LogP contribution is 2.33. The molecule has 1 rings (SSSR count). The number of amides is 1. The normalized spacial score (nSPS) is 17.6. The Morgan fingerprint density at radius 2 is 1.63 bits per heavy atom. The Hall–Kier alpha value is -0.610. The summed E-state index contributed by atoms with van der Waals surface area (Å²) in [4.78, 5) is 14.3. The van der Waals surface area contributed by atoms with Gasteiger partial charge in [0.05, 0.1) is 6.54 Å². The van der Waals surface area contributed by atoms with Crippen LogP contribution < -0.4 is 11.1 Å². The molecule has 4 nitrogen and oxygen atoms in total. The molecular formula is C15H32N3O+. The van der Waals surface area contributed by atoms with E-state index in [1.54, 1.807) is 0 Å². The fraction of sp³-hybridized carbons (Fsp3) is 0.933. The van der Waals surface area contributed by atoms with E-state index in [0.29, 0.717) is 12.3 Å². The molecule has 1 amide bonds. The smallest absolute Gasteiger partial charge is 0.223 e. The number of carbonyl (C=O) groups is 1. The summed E-state index contributed by atoms with van der Waals surface area (Å²) < 4.78 is 0. The van der Waals surface area contributed by atoms with Crippen LogP contribution in [0, 0.1) is 10.8 Å². The Morgan fingerprint density at radius 3 is 2.16 bits per heavy atom. The first kappa shape index (κ1) is 16.4. The minimum absolute atomic E-state index is 0.0917. The summed E-state index contributed by atoms with van der Waals surface area (Å²) in [5, 5.41) is 3.28. The molecule has 0 aliphatic carbocycles. The Labute approximate surface area is 118 Å². The van der Waals surface area contributed by atoms with Crippen LogP contribution in [0.2, 0.25) is 0 Å². The van der Waals surface area contributed by atoms with Crippen molar-refractivity contribution < 1.29 is 10.5 Å². The first-order valence-corrected chi connectivity index (χ1v) is 7.54. The van der Waals surface area contributed by atoms with Crippen molar-refractivity contribution in [2.75, 3.05) is 32.7 Å². The van der Waals surface area contributed by atoms with Crippen molar-refractivity contribution in [2.45, 2.75) is 47.0 Å². The van der Waals surface area contributed by atoms with E-state index < -0.39 is 0 Å². The molecule has 1 fully saturated rings. The van der Waals surface area contributed by atoms with Crippen molar-refractivity contribution >= 4 is 5.91 Å². The fourth-order valence-electron chi connectivity index (χ4n) is 2.33. The van der Waals surface area contributed by atoms with Crippen molar-refractivity contribution in [3.8, 4) is 0 Å². The lowest BCUT2D eigenvalue weighted by Crippen LogP contribution is -2.56. The van der Waals surface area contributed by atoms with Crippen LogP contribution in [-0.4, -0.2) is 43.5 Å². The van der Waals surface area contributed by atoms with Gasteiger partial charge in [-0.15, -0.1) is 0 Å². The highest BCUT2D eigenvalue weighted by molar-refractivity contribution is 5.77. The van der Waals surface area contributed by atoms with E-state index in [-0.39, 0.29) is 10.8 Å². The van der Waals surface area contributed by atoms with Crippen LogP contribution in [0.15, 0.2) is 0 Å². The zero-order valence-electron chi connectivity index (χ0n) is 13.2. The van der Waals surface area contributed by atoms with Gasteiger partial charge in [0.25, 0.3) is 0 Å². The van der Waals surface area contributed by atoms with Gasteiger partial charge in [-0.25, -0.2) is 0 Å². The number of nitrogens with one attached hydrogen (secondary N) is 1. The number of hydrogen-bond donors (Lipinski definition) is 2. The molecule has 19 heavy (non-hydrogen) atoms. The van der Waals surface area contributed by atoms with Gasteiger partial charge in [0.2, 0.25) is 5.91 Å². The molecule has 4 heteroatoms. The topological polar surface area (TPSA) is 60.0 Å². The molecule has 4 N–H and O–H groups in total. The summed E-state index contributed by atoms with van der Waals surface area (Å²) in [7, 11) is 0. The lowest BCUT2D eigenvalue weighted by atomic mass is 9.77. The van der Waals surface area contributed by atoms with Crippen LogP contribution in [0.5, 0.6) is 0 Å². The summed E-state index contributed by atoms with van der Waals surface area (Å²) in [6, 6.07) is 0. The van der Waals surface area contributed by atoms with E-state index in [1.165, 1.54) is 0 Å². The second-order valence-electron chi connectivity index (χ2n) is 7.39. The van der Waals surface area contributed by atoms with Gasteiger partial charge in [0.15, 0.2) is 0 Å². The van der Waals surface area contributed by atoms with E-state index in [9.17, 15) is 4.79 Å². The Kier molecular flexibility index (Phi) is 5.81. The molecule has 1 saturated heterocycles. The molecule has 1 heterocycles. The molecule has 0 aromatic heterocycles. The number of carbonyl (C=O) groups excluding carboxylic acids is 1. The van der Waals surface area contributed by atoms with Crippen LogP contribution in [-0.2, 0) is 4.79 Å². The number of nitrogens with zero attached hydrogens (tertiary/aromatic N) is 1. The molecule has 112 valence electrons. The first-order chi connectivity index (χ1) is 8.76. The highest BCUT2D eigenvalue weighted by atomic mass is 16.2. The van der Waals surface area contributed by atoms with Crippen LogP contribution in [0.25, 0.3) is 0 Å². The lowest BCUT2D eigenvalue weighted by molar-refractivity contribution is -0.390. The molecule has 0 aromatic carbocycles. The Balaban J connectivity index is 2.42. The van der Waals surface area contributed by atoms with Gasteiger partial charge in [-0.2, -0.15) is 0 Å². The first-order valence-electron chi connectivity index (χ1n) is 7.54. The minimum atomic E-state index is 0.0917. The van der Waals surface area contributed by atoms with Crippen molar-refractivity contribution in [3.63, 3.8) is 0 Å². The maximum absolute atomic E-state index is 12.3. The molecule has 0 aromatic rings. The van der Waals surface area contributed by atoms with Gasteiger partial charge < -0.3 is 16.0 Å². The molecule has 0 atom stereocenters. The molecular weight excluding hydrogens is 238 g/mol. The summed E-state index contributed by atoms with van der Waals surface area (Å²) in [6.07, 6.45) is 2.89. The molecule has 0 bridgehead atoms. The fourth-order valence-corrected chi connectivity index (χ4v) is 2.33. The average Bonchev–Trinajstić information content (AvgIpc) is 2.37. The average molecular weight is 270 g/mol. The molecule has 0 radical (unpaired) electrons. The summed E-state index contributed by atoms with van der Waals surface area (Å²) >= 11 is 0. The van der Waals surface area contributed by atoms with Gasteiger partial charge in [-0.3, -0.25) is 4.79 Å². The van der Waals surface area contributed by atoms with Crippen molar-refractivity contribution in [1.82, 2.24) is 10.2 Å². The van der Waals surface area contributed by atoms with Crippen LogP contribution >= 0.6 is 0 Å². The van der Waals surface area contributed by atoms with E-state index in [4.69, 9.17) is 0 Å². The standard InChI is InChI=1S/C15H31N3O/c1-14(2,5-6-15(3,4)12-16)11-13(19)18-9-7-17-8-10-18/h17H,5-12,16H2,1-4H3/p+1. The highest BCUT2D eigenvalue weighted by Gasteiger charge is 2.28. The van der Waals surface area contributed by atoms with Crippen molar-refractivity contribution in [1.29, 1.82) is 0 Å². The third-order valence-corrected chi connectivity index (χ3v) is 4.25. The van der Waals surface area contributed by atoms with Crippen LogP contribution in [0.3, 0.4) is 0 Å². The maximum Gasteiger partial charge on any atom is 0.223 e. The lowest BCUT2D eigenvalue weighted by Gasteiger charge is -2.33. The van der Waals surface area contributed by atoms with Crippen LogP contribution in [0.1, 0.15) is 47.0 Å². The molecule has 1 aliphatic heterocycles. The third kappa shape index (κ3) is 5.91. The van der Waals surface area contributed by atoms with Gasteiger partial charge in [0.1, 0.15) is 0 Å². The summed E-state index contributed by atoms with van der Waals surface area (Å²) in [5.74, 6) is 0.318. The van der Waals surface area contributed by atoms with Crippen LogP contribution in [0.4, 0.5) is 0 Å². The number of rotatable bonds is 6. The maximum atomic E-state index is 12.3. The van der Waals surface area contributed by atoms with E-state index in [0.717, 1.165) is 45.6 Å².